The molecule has 2 rings (SSSR count). The van der Waals surface area contributed by atoms with Gasteiger partial charge in [-0.2, -0.15) is 0 Å². The zero-order valence-electron chi connectivity index (χ0n) is 10.6. The van der Waals surface area contributed by atoms with Gasteiger partial charge in [0.1, 0.15) is 10.7 Å². The summed E-state index contributed by atoms with van der Waals surface area (Å²) in [4.78, 5) is 4.82. The Hall–Kier alpha value is -0.760. The van der Waals surface area contributed by atoms with Crippen LogP contribution in [-0.2, 0) is 6.54 Å². The van der Waals surface area contributed by atoms with E-state index in [1.807, 2.05) is 0 Å². The van der Waals surface area contributed by atoms with Crippen LogP contribution in [0.1, 0.15) is 19.5 Å². The van der Waals surface area contributed by atoms with Crippen LogP contribution in [0.2, 0.25) is 0 Å². The van der Waals surface area contributed by atoms with Crippen LogP contribution in [0.3, 0.4) is 0 Å². The minimum Gasteiger partial charge on any atom is -0.313 e. The number of aromatic nitrogens is 2. The highest BCUT2D eigenvalue weighted by molar-refractivity contribution is 7.10. The normalized spacial score (nSPS) is 27.3. The molecule has 2 unspecified atom stereocenters. The molecule has 0 aromatic carbocycles. The summed E-state index contributed by atoms with van der Waals surface area (Å²) in [6.45, 7) is 7.44. The number of nitrogen functional groups attached to an aromatic ring is 1. The maximum atomic E-state index is 5.43. The van der Waals surface area contributed by atoms with Crippen LogP contribution >= 0.6 is 11.5 Å². The molecule has 1 aliphatic heterocycles. The molecule has 1 aromatic rings. The second kappa shape index (κ2) is 5.26. The van der Waals surface area contributed by atoms with Crippen molar-refractivity contribution in [2.24, 2.45) is 5.84 Å². The number of nitrogens with one attached hydrogen (secondary N) is 1. The van der Waals surface area contributed by atoms with Gasteiger partial charge in [-0.15, -0.1) is 5.10 Å². The molecule has 96 valence electrons. The SMILES string of the molecule is CC1CN(Cc2nnsc2NN)CC(C)N1C. The summed E-state index contributed by atoms with van der Waals surface area (Å²) in [6.07, 6.45) is 0. The third-order valence-corrected chi connectivity index (χ3v) is 4.19. The zero-order chi connectivity index (χ0) is 12.4. The van der Waals surface area contributed by atoms with Gasteiger partial charge in [0.15, 0.2) is 0 Å². The lowest BCUT2D eigenvalue weighted by Crippen LogP contribution is -2.54. The second-order valence-electron chi connectivity index (χ2n) is 4.75. The molecule has 1 aromatic heterocycles. The van der Waals surface area contributed by atoms with E-state index in [1.165, 1.54) is 11.5 Å². The van der Waals surface area contributed by atoms with E-state index in [9.17, 15) is 0 Å². The van der Waals surface area contributed by atoms with E-state index in [0.717, 1.165) is 30.3 Å². The van der Waals surface area contributed by atoms with Gasteiger partial charge in [0, 0.05) is 43.3 Å². The average molecular weight is 256 g/mol. The summed E-state index contributed by atoms with van der Waals surface area (Å²) in [5.74, 6) is 5.43. The van der Waals surface area contributed by atoms with Crippen molar-refractivity contribution in [3.63, 3.8) is 0 Å². The summed E-state index contributed by atoms with van der Waals surface area (Å²) < 4.78 is 3.92. The molecule has 7 heteroatoms. The third kappa shape index (κ3) is 2.74. The highest BCUT2D eigenvalue weighted by Gasteiger charge is 2.27. The molecule has 3 N–H and O–H groups in total. The standard InChI is InChI=1S/C10H20N6S/c1-7-4-16(5-8(2)15(7)3)6-9-10(12-11)17-14-13-9/h7-8,12H,4-6,11H2,1-3H3. The highest BCUT2D eigenvalue weighted by atomic mass is 32.1. The maximum Gasteiger partial charge on any atom is 0.148 e. The van der Waals surface area contributed by atoms with E-state index in [4.69, 9.17) is 5.84 Å². The molecular weight excluding hydrogens is 236 g/mol. The molecular formula is C10H20N6S. The molecule has 17 heavy (non-hydrogen) atoms. The largest absolute Gasteiger partial charge is 0.313 e. The molecule has 2 atom stereocenters. The van der Waals surface area contributed by atoms with Crippen LogP contribution in [0.25, 0.3) is 0 Å². The lowest BCUT2D eigenvalue weighted by atomic mass is 10.1. The summed E-state index contributed by atoms with van der Waals surface area (Å²) in [5, 5.41) is 4.99. The van der Waals surface area contributed by atoms with E-state index in [2.05, 4.69) is 45.7 Å². The smallest absolute Gasteiger partial charge is 0.148 e. The van der Waals surface area contributed by atoms with E-state index in [0.29, 0.717) is 12.1 Å². The number of hydrogen-bond donors (Lipinski definition) is 2. The molecule has 1 saturated heterocycles. The van der Waals surface area contributed by atoms with Crippen LogP contribution in [0.4, 0.5) is 5.00 Å². The second-order valence-corrected chi connectivity index (χ2v) is 5.50. The number of nitrogens with two attached hydrogens (primary N) is 1. The van der Waals surface area contributed by atoms with E-state index in [-0.39, 0.29) is 0 Å². The predicted molar refractivity (Wildman–Crippen MR) is 69.7 cm³/mol. The van der Waals surface area contributed by atoms with Crippen molar-refractivity contribution in [1.82, 2.24) is 19.4 Å². The van der Waals surface area contributed by atoms with Gasteiger partial charge < -0.3 is 5.43 Å². The molecule has 6 nitrogen and oxygen atoms in total. The molecule has 0 radical (unpaired) electrons. The molecule has 0 saturated carbocycles. The summed E-state index contributed by atoms with van der Waals surface area (Å²) in [5.41, 5.74) is 3.60. The quantitative estimate of drug-likeness (QED) is 0.600. The number of piperazine rings is 1. The Balaban J connectivity index is 2.00. The Labute approximate surface area is 106 Å². The molecule has 0 amide bonds. The lowest BCUT2D eigenvalue weighted by Gasteiger charge is -2.42. The number of likely N-dealkylation sites (N-methyl/N-ethyl adjacent to an activating group) is 1. The Morgan fingerprint density at radius 1 is 1.41 bits per heavy atom. The summed E-state index contributed by atoms with van der Waals surface area (Å²) in [6, 6.07) is 1.14. The first-order valence-corrected chi connectivity index (χ1v) is 6.61. The molecule has 2 heterocycles. The number of hydrazine groups is 1. The Kier molecular flexibility index (Phi) is 3.93. The van der Waals surface area contributed by atoms with Crippen molar-refractivity contribution in [3.8, 4) is 0 Å². The first kappa shape index (κ1) is 12.7. The van der Waals surface area contributed by atoms with Gasteiger partial charge in [-0.3, -0.25) is 9.80 Å². The third-order valence-electron chi connectivity index (χ3n) is 3.50. The molecule has 0 spiro atoms. The van der Waals surface area contributed by atoms with Gasteiger partial charge in [-0.05, 0) is 20.9 Å². The van der Waals surface area contributed by atoms with Crippen LogP contribution in [-0.4, -0.2) is 51.6 Å². The Bertz CT molecular complexity index is 355. The highest BCUT2D eigenvalue weighted by Crippen LogP contribution is 2.20. The fraction of sp³-hybridized carbons (Fsp3) is 0.800. The van der Waals surface area contributed by atoms with Crippen molar-refractivity contribution in [1.29, 1.82) is 0 Å². The van der Waals surface area contributed by atoms with Crippen LogP contribution in [0.15, 0.2) is 0 Å². The first-order valence-electron chi connectivity index (χ1n) is 5.84. The topological polar surface area (TPSA) is 70.3 Å². The van der Waals surface area contributed by atoms with Crippen molar-refractivity contribution in [2.45, 2.75) is 32.5 Å². The van der Waals surface area contributed by atoms with Crippen molar-refractivity contribution >= 4 is 16.5 Å². The number of anilines is 1. The lowest BCUT2D eigenvalue weighted by molar-refractivity contribution is 0.0550. The van der Waals surface area contributed by atoms with E-state index < -0.39 is 0 Å². The van der Waals surface area contributed by atoms with Gasteiger partial charge in [0.05, 0.1) is 0 Å². The zero-order valence-corrected chi connectivity index (χ0v) is 11.4. The van der Waals surface area contributed by atoms with Crippen molar-refractivity contribution in [2.75, 3.05) is 25.6 Å². The number of rotatable bonds is 3. The summed E-state index contributed by atoms with van der Waals surface area (Å²) >= 11 is 1.31. The average Bonchev–Trinajstić information content (AvgIpc) is 2.73. The number of nitrogens with zero attached hydrogens (tertiary/aromatic N) is 4. The Morgan fingerprint density at radius 3 is 2.65 bits per heavy atom. The maximum absolute atomic E-state index is 5.43. The minimum absolute atomic E-state index is 0.569. The van der Waals surface area contributed by atoms with Gasteiger partial charge in [-0.25, -0.2) is 5.84 Å². The van der Waals surface area contributed by atoms with Crippen LogP contribution in [0, 0.1) is 0 Å². The van der Waals surface area contributed by atoms with Gasteiger partial charge >= 0.3 is 0 Å². The Morgan fingerprint density at radius 2 is 2.06 bits per heavy atom. The van der Waals surface area contributed by atoms with Crippen molar-refractivity contribution < 1.29 is 0 Å². The van der Waals surface area contributed by atoms with Gasteiger partial charge in [0.2, 0.25) is 0 Å². The fourth-order valence-corrected chi connectivity index (χ4v) is 2.76. The van der Waals surface area contributed by atoms with Gasteiger partial charge in [0.25, 0.3) is 0 Å². The molecule has 0 aliphatic carbocycles. The van der Waals surface area contributed by atoms with Crippen LogP contribution in [0.5, 0.6) is 0 Å². The summed E-state index contributed by atoms with van der Waals surface area (Å²) in [7, 11) is 2.18. The van der Waals surface area contributed by atoms with Crippen molar-refractivity contribution in [3.05, 3.63) is 5.69 Å². The van der Waals surface area contributed by atoms with Gasteiger partial charge in [-0.1, -0.05) is 4.49 Å². The molecule has 1 aliphatic rings. The molecule has 0 bridgehead atoms. The predicted octanol–water partition coefficient (Wildman–Crippen LogP) is 0.348. The fourth-order valence-electron chi connectivity index (χ4n) is 2.28. The minimum atomic E-state index is 0.569. The first-order chi connectivity index (χ1) is 8.11. The van der Waals surface area contributed by atoms with Crippen LogP contribution < -0.4 is 11.3 Å². The number of hydrogen-bond acceptors (Lipinski definition) is 7. The van der Waals surface area contributed by atoms with E-state index >= 15 is 0 Å². The monoisotopic (exact) mass is 256 g/mol. The van der Waals surface area contributed by atoms with E-state index in [1.54, 1.807) is 0 Å². The molecule has 1 fully saturated rings.